The first-order valence-electron chi connectivity index (χ1n) is 3.38. The molecule has 1 heterocycles. The lowest BCUT2D eigenvalue weighted by atomic mass is 10.1. The molecule has 1 rings (SSSR count). The van der Waals surface area contributed by atoms with E-state index in [2.05, 4.69) is 5.32 Å². The van der Waals surface area contributed by atoms with Gasteiger partial charge in [-0.3, -0.25) is 0 Å². The molecule has 0 radical (unpaired) electrons. The molecule has 4 heteroatoms. The lowest BCUT2D eigenvalue weighted by Crippen LogP contribution is -2.36. The van der Waals surface area contributed by atoms with Crippen LogP contribution in [0.15, 0.2) is 0 Å². The van der Waals surface area contributed by atoms with Crippen molar-refractivity contribution >= 4 is 0 Å². The summed E-state index contributed by atoms with van der Waals surface area (Å²) in [4.78, 5) is 0. The number of hydrogen-bond acceptors (Lipinski definition) is 4. The number of ether oxygens (including phenoxy) is 1. The molecule has 10 heavy (non-hydrogen) atoms. The topological polar surface area (TPSA) is 61.7 Å². The highest BCUT2D eigenvalue weighted by Gasteiger charge is 2.33. The van der Waals surface area contributed by atoms with Crippen LogP contribution in [-0.2, 0) is 4.74 Å². The minimum Gasteiger partial charge on any atom is -0.388 e. The molecular formula is C6H13NO3. The van der Waals surface area contributed by atoms with Crippen LogP contribution >= 0.6 is 0 Å². The van der Waals surface area contributed by atoms with Crippen molar-refractivity contribution in [3.05, 3.63) is 0 Å². The molecule has 4 nitrogen and oxygen atoms in total. The standard InChI is InChI=1S/C6H13NO3/c1-7-2-5-6(9)4(8)3-10-5/h4-9H,2-3H2,1H3/t4-,5-,6-/m1/s1. The molecule has 0 unspecified atom stereocenters. The Balaban J connectivity index is 2.33. The molecule has 1 saturated heterocycles. The Bertz CT molecular complexity index is 107. The Labute approximate surface area is 59.8 Å². The van der Waals surface area contributed by atoms with E-state index in [9.17, 15) is 5.11 Å². The van der Waals surface area contributed by atoms with Crippen molar-refractivity contribution in [2.75, 3.05) is 20.2 Å². The minimum atomic E-state index is -0.729. The van der Waals surface area contributed by atoms with E-state index in [4.69, 9.17) is 9.84 Å². The summed E-state index contributed by atoms with van der Waals surface area (Å²) in [5, 5.41) is 21.0. The van der Waals surface area contributed by atoms with Gasteiger partial charge in [0.05, 0.1) is 12.7 Å². The van der Waals surface area contributed by atoms with Crippen molar-refractivity contribution in [3.8, 4) is 0 Å². The van der Waals surface area contributed by atoms with Crippen LogP contribution in [0.2, 0.25) is 0 Å². The van der Waals surface area contributed by atoms with Gasteiger partial charge in [-0.1, -0.05) is 0 Å². The first-order valence-corrected chi connectivity index (χ1v) is 3.38. The van der Waals surface area contributed by atoms with Crippen LogP contribution in [0, 0.1) is 0 Å². The molecule has 1 fully saturated rings. The van der Waals surface area contributed by atoms with Crippen LogP contribution in [0.1, 0.15) is 0 Å². The fourth-order valence-corrected chi connectivity index (χ4v) is 1.05. The number of nitrogens with one attached hydrogen (secondary N) is 1. The van der Waals surface area contributed by atoms with Crippen molar-refractivity contribution in [1.29, 1.82) is 0 Å². The van der Waals surface area contributed by atoms with E-state index < -0.39 is 12.2 Å². The first-order chi connectivity index (χ1) is 4.75. The fraction of sp³-hybridized carbons (Fsp3) is 1.00. The van der Waals surface area contributed by atoms with Gasteiger partial charge in [-0.15, -0.1) is 0 Å². The Hall–Kier alpha value is -0.160. The Morgan fingerprint density at radius 2 is 2.30 bits per heavy atom. The maximum absolute atomic E-state index is 9.17. The minimum absolute atomic E-state index is 0.244. The quantitative estimate of drug-likeness (QED) is 0.437. The third-order valence-corrected chi connectivity index (χ3v) is 1.66. The number of hydrogen-bond donors (Lipinski definition) is 3. The largest absolute Gasteiger partial charge is 0.388 e. The summed E-state index contributed by atoms with van der Waals surface area (Å²) in [6, 6.07) is 0. The van der Waals surface area contributed by atoms with E-state index in [0.29, 0.717) is 6.54 Å². The Morgan fingerprint density at radius 1 is 1.60 bits per heavy atom. The summed E-state index contributed by atoms with van der Waals surface area (Å²) >= 11 is 0. The summed E-state index contributed by atoms with van der Waals surface area (Å²) in [5.74, 6) is 0. The zero-order chi connectivity index (χ0) is 7.56. The zero-order valence-electron chi connectivity index (χ0n) is 5.95. The van der Waals surface area contributed by atoms with Crippen LogP contribution in [0.25, 0.3) is 0 Å². The van der Waals surface area contributed by atoms with Crippen LogP contribution in [0.4, 0.5) is 0 Å². The highest BCUT2D eigenvalue weighted by atomic mass is 16.5. The van der Waals surface area contributed by atoms with Gasteiger partial charge in [0.15, 0.2) is 0 Å². The molecule has 3 N–H and O–H groups in total. The number of likely N-dealkylation sites (N-methyl/N-ethyl adjacent to an activating group) is 1. The molecule has 0 amide bonds. The molecule has 3 atom stereocenters. The van der Waals surface area contributed by atoms with Crippen LogP contribution in [0.3, 0.4) is 0 Å². The summed E-state index contributed by atoms with van der Waals surface area (Å²) in [5.41, 5.74) is 0. The fourth-order valence-electron chi connectivity index (χ4n) is 1.05. The highest BCUT2D eigenvalue weighted by Crippen LogP contribution is 2.12. The average molecular weight is 147 g/mol. The van der Waals surface area contributed by atoms with E-state index in [-0.39, 0.29) is 12.7 Å². The van der Waals surface area contributed by atoms with E-state index in [1.54, 1.807) is 7.05 Å². The Kier molecular flexibility index (Phi) is 2.62. The maximum Gasteiger partial charge on any atom is 0.109 e. The Morgan fingerprint density at radius 3 is 2.70 bits per heavy atom. The third kappa shape index (κ3) is 1.46. The van der Waals surface area contributed by atoms with E-state index >= 15 is 0 Å². The van der Waals surface area contributed by atoms with Crippen molar-refractivity contribution in [1.82, 2.24) is 5.32 Å². The van der Waals surface area contributed by atoms with Crippen molar-refractivity contribution < 1.29 is 14.9 Å². The average Bonchev–Trinajstić information content (AvgIpc) is 2.20. The second kappa shape index (κ2) is 3.30. The summed E-state index contributed by atoms with van der Waals surface area (Å²) < 4.78 is 5.06. The van der Waals surface area contributed by atoms with Crippen molar-refractivity contribution in [2.24, 2.45) is 0 Å². The summed E-state index contributed by atoms with van der Waals surface area (Å²) in [7, 11) is 1.78. The number of rotatable bonds is 2. The predicted molar refractivity (Wildman–Crippen MR) is 35.7 cm³/mol. The molecule has 0 aromatic heterocycles. The van der Waals surface area contributed by atoms with Gasteiger partial charge in [-0.05, 0) is 7.05 Å². The van der Waals surface area contributed by atoms with E-state index in [1.165, 1.54) is 0 Å². The lowest BCUT2D eigenvalue weighted by Gasteiger charge is -2.13. The summed E-state index contributed by atoms with van der Waals surface area (Å²) in [6.07, 6.45) is -1.69. The second-order valence-electron chi connectivity index (χ2n) is 2.49. The maximum atomic E-state index is 9.17. The number of aliphatic hydroxyl groups excluding tert-OH is 2. The van der Waals surface area contributed by atoms with Gasteiger partial charge < -0.3 is 20.3 Å². The smallest absolute Gasteiger partial charge is 0.109 e. The van der Waals surface area contributed by atoms with Crippen LogP contribution < -0.4 is 5.32 Å². The first kappa shape index (κ1) is 7.94. The van der Waals surface area contributed by atoms with Gasteiger partial charge in [-0.25, -0.2) is 0 Å². The van der Waals surface area contributed by atoms with E-state index in [0.717, 1.165) is 0 Å². The van der Waals surface area contributed by atoms with Crippen LogP contribution in [-0.4, -0.2) is 48.7 Å². The predicted octanol–water partition coefficient (Wildman–Crippen LogP) is -1.67. The molecule has 1 aliphatic rings. The van der Waals surface area contributed by atoms with E-state index in [1.807, 2.05) is 0 Å². The van der Waals surface area contributed by atoms with Crippen LogP contribution in [0.5, 0.6) is 0 Å². The van der Waals surface area contributed by atoms with Gasteiger partial charge in [0.2, 0.25) is 0 Å². The second-order valence-corrected chi connectivity index (χ2v) is 2.49. The van der Waals surface area contributed by atoms with Gasteiger partial charge >= 0.3 is 0 Å². The normalized spacial score (nSPS) is 40.5. The molecule has 0 aliphatic carbocycles. The molecule has 0 spiro atoms. The molecule has 0 bridgehead atoms. The molecule has 1 aliphatic heterocycles. The molecule has 0 aromatic rings. The molecule has 0 saturated carbocycles. The summed E-state index contributed by atoms with van der Waals surface area (Å²) in [6.45, 7) is 0.825. The molecule has 0 aromatic carbocycles. The highest BCUT2D eigenvalue weighted by molar-refractivity contribution is 4.83. The van der Waals surface area contributed by atoms with Gasteiger partial charge in [0, 0.05) is 6.54 Å². The van der Waals surface area contributed by atoms with Gasteiger partial charge in [0.25, 0.3) is 0 Å². The van der Waals surface area contributed by atoms with Crippen molar-refractivity contribution in [2.45, 2.75) is 18.3 Å². The van der Waals surface area contributed by atoms with Gasteiger partial charge in [-0.2, -0.15) is 0 Å². The van der Waals surface area contributed by atoms with Gasteiger partial charge in [0.1, 0.15) is 12.2 Å². The van der Waals surface area contributed by atoms with Crippen molar-refractivity contribution in [3.63, 3.8) is 0 Å². The lowest BCUT2D eigenvalue weighted by molar-refractivity contribution is 0.0246. The molecule has 60 valence electrons. The molecular weight excluding hydrogens is 134 g/mol. The monoisotopic (exact) mass is 147 g/mol. The SMILES string of the molecule is CNC[C@H]1OC[C@@H](O)[C@H]1O. The zero-order valence-corrected chi connectivity index (χ0v) is 5.95. The number of aliphatic hydroxyl groups is 2. The third-order valence-electron chi connectivity index (χ3n) is 1.66.